The number of aliphatic imine (C=N–C) groups is 1. The maximum absolute atomic E-state index is 13.0. The van der Waals surface area contributed by atoms with Gasteiger partial charge in [0.2, 0.25) is 23.6 Å². The minimum Gasteiger partial charge on any atom is -0.481 e. The lowest BCUT2D eigenvalue weighted by Gasteiger charge is -2.24. The van der Waals surface area contributed by atoms with Gasteiger partial charge in [0, 0.05) is 31.3 Å². The number of nitrogens with one attached hydrogen (secondary N) is 4. The van der Waals surface area contributed by atoms with E-state index in [1.165, 1.54) is 12.5 Å². The Morgan fingerprint density at radius 2 is 1.54 bits per heavy atom. The van der Waals surface area contributed by atoms with Crippen LogP contribution in [-0.2, 0) is 35.2 Å². The van der Waals surface area contributed by atoms with E-state index in [1.54, 1.807) is 0 Å². The molecule has 0 saturated heterocycles. The van der Waals surface area contributed by atoms with Gasteiger partial charge < -0.3 is 54.1 Å². The number of carboxylic acids is 2. The summed E-state index contributed by atoms with van der Waals surface area (Å²) < 4.78 is 0. The van der Waals surface area contributed by atoms with Gasteiger partial charge in [0.05, 0.1) is 18.8 Å². The predicted molar refractivity (Wildman–Crippen MR) is 134 cm³/mol. The topological polar surface area (TPSA) is 324 Å². The molecular weight excluding hydrogens is 520 g/mol. The molecule has 18 heteroatoms. The monoisotopic (exact) mass is 554 g/mol. The summed E-state index contributed by atoms with van der Waals surface area (Å²) >= 11 is 0. The fraction of sp³-hybridized carbons (Fsp3) is 0.524. The number of amides is 4. The Hall–Kier alpha value is -4.74. The maximum atomic E-state index is 13.0. The molecule has 0 spiro atoms. The van der Waals surface area contributed by atoms with Gasteiger partial charge in [-0.05, 0) is 19.3 Å². The van der Waals surface area contributed by atoms with Crippen molar-refractivity contribution in [3.8, 4) is 0 Å². The lowest BCUT2D eigenvalue weighted by atomic mass is 10.1. The zero-order valence-electron chi connectivity index (χ0n) is 21.0. The Morgan fingerprint density at radius 1 is 0.923 bits per heavy atom. The number of hydrogen-bond acceptors (Lipinski definition) is 9. The molecule has 1 heterocycles. The van der Waals surface area contributed by atoms with Crippen molar-refractivity contribution in [2.75, 3.05) is 6.54 Å². The summed E-state index contributed by atoms with van der Waals surface area (Å²) in [4.78, 5) is 82.7. The lowest BCUT2D eigenvalue weighted by molar-refractivity contribution is -0.142. The van der Waals surface area contributed by atoms with Crippen LogP contribution < -0.4 is 38.9 Å². The molecule has 0 fully saturated rings. The van der Waals surface area contributed by atoms with Crippen molar-refractivity contribution in [3.63, 3.8) is 0 Å². The molecule has 1 aromatic rings. The molecule has 1 aromatic heterocycles. The van der Waals surface area contributed by atoms with Crippen LogP contribution in [0.3, 0.4) is 0 Å². The van der Waals surface area contributed by atoms with Gasteiger partial charge >= 0.3 is 11.9 Å². The highest BCUT2D eigenvalue weighted by Gasteiger charge is 2.31. The number of carboxylic acid groups (broad SMARTS) is 2. The number of rotatable bonds is 18. The quantitative estimate of drug-likeness (QED) is 0.0467. The van der Waals surface area contributed by atoms with Gasteiger partial charge in [-0.2, -0.15) is 0 Å². The van der Waals surface area contributed by atoms with E-state index in [9.17, 15) is 33.9 Å². The Morgan fingerprint density at radius 3 is 2.08 bits per heavy atom. The van der Waals surface area contributed by atoms with Gasteiger partial charge in [0.25, 0.3) is 0 Å². The van der Waals surface area contributed by atoms with Crippen LogP contribution in [0.15, 0.2) is 17.5 Å². The SMILES string of the molecule is NC(=O)CC(NC(=O)C(N)CCC(=O)O)C(=O)NC(CCCN=C(N)N)C(=O)NC(Cc1cnc[nH]1)C(=O)O. The average Bonchev–Trinajstić information content (AvgIpc) is 3.35. The van der Waals surface area contributed by atoms with E-state index in [0.29, 0.717) is 5.69 Å². The van der Waals surface area contributed by atoms with Crippen LogP contribution in [0.4, 0.5) is 0 Å². The van der Waals surface area contributed by atoms with Crippen LogP contribution in [0, 0.1) is 0 Å². The normalized spacial score (nSPS) is 13.7. The summed E-state index contributed by atoms with van der Waals surface area (Å²) in [7, 11) is 0. The molecular formula is C21H34N10O8. The second-order valence-electron chi connectivity index (χ2n) is 8.46. The molecule has 0 aliphatic heterocycles. The molecule has 0 aliphatic rings. The molecule has 39 heavy (non-hydrogen) atoms. The summed E-state index contributed by atoms with van der Waals surface area (Å²) in [5, 5.41) is 25.2. The first-order chi connectivity index (χ1) is 18.3. The number of primary amides is 1. The Bertz CT molecular complexity index is 1040. The van der Waals surface area contributed by atoms with E-state index in [2.05, 4.69) is 30.9 Å². The minimum atomic E-state index is -1.56. The molecule has 216 valence electrons. The van der Waals surface area contributed by atoms with Gasteiger partial charge in [-0.15, -0.1) is 0 Å². The van der Waals surface area contributed by atoms with Crippen LogP contribution >= 0.6 is 0 Å². The van der Waals surface area contributed by atoms with Gasteiger partial charge in [-0.1, -0.05) is 0 Å². The number of aliphatic carboxylic acids is 2. The molecule has 4 atom stereocenters. The first-order valence-electron chi connectivity index (χ1n) is 11.7. The van der Waals surface area contributed by atoms with Crippen LogP contribution in [0.25, 0.3) is 0 Å². The van der Waals surface area contributed by atoms with Crippen LogP contribution in [0.1, 0.15) is 37.8 Å². The van der Waals surface area contributed by atoms with Crippen LogP contribution in [0.5, 0.6) is 0 Å². The molecule has 0 aliphatic carbocycles. The van der Waals surface area contributed by atoms with Gasteiger partial charge in [0.15, 0.2) is 5.96 Å². The number of imidazole rings is 1. The van der Waals surface area contributed by atoms with Gasteiger partial charge in [-0.25, -0.2) is 9.78 Å². The molecule has 0 saturated carbocycles. The fourth-order valence-corrected chi connectivity index (χ4v) is 3.23. The summed E-state index contributed by atoms with van der Waals surface area (Å²) in [5.41, 5.74) is 21.9. The molecule has 1 rings (SSSR count). The van der Waals surface area contributed by atoms with Crippen molar-refractivity contribution in [1.29, 1.82) is 0 Å². The largest absolute Gasteiger partial charge is 0.481 e. The van der Waals surface area contributed by atoms with E-state index in [0.717, 1.165) is 0 Å². The number of aromatic amines is 1. The lowest BCUT2D eigenvalue weighted by Crippen LogP contribution is -2.58. The number of carbonyl (C=O) groups excluding carboxylic acids is 4. The van der Waals surface area contributed by atoms with E-state index >= 15 is 0 Å². The maximum Gasteiger partial charge on any atom is 0.326 e. The van der Waals surface area contributed by atoms with Crippen molar-refractivity contribution in [3.05, 3.63) is 18.2 Å². The average molecular weight is 555 g/mol. The first kappa shape index (κ1) is 32.3. The summed E-state index contributed by atoms with van der Waals surface area (Å²) in [6.45, 7) is 0.0817. The summed E-state index contributed by atoms with van der Waals surface area (Å²) in [6, 6.07) is -5.58. The standard InChI is InChI=1S/C21H34N10O8/c22-11(3-4-16(33)34)17(35)30-13(7-15(23)32)19(37)29-12(2-1-5-27-21(24)25)18(36)31-14(20(38)39)6-10-8-26-9-28-10/h8-9,11-14H,1-7,22H2,(H2,23,32)(H,26,28)(H,29,37)(H,30,35)(H,31,36)(H,33,34)(H,38,39)(H4,24,25,27). The third kappa shape index (κ3) is 12.9. The Balaban J connectivity index is 3.04. The zero-order chi connectivity index (χ0) is 29.5. The van der Waals surface area contributed by atoms with Crippen molar-refractivity contribution in [2.45, 2.75) is 62.7 Å². The highest BCUT2D eigenvalue weighted by atomic mass is 16.4. The molecule has 18 nitrogen and oxygen atoms in total. The number of H-pyrrole nitrogens is 1. The highest BCUT2D eigenvalue weighted by Crippen LogP contribution is 2.05. The minimum absolute atomic E-state index is 0.0554. The first-order valence-corrected chi connectivity index (χ1v) is 11.7. The summed E-state index contributed by atoms with van der Waals surface area (Å²) in [6.07, 6.45) is 1.39. The number of aromatic nitrogens is 2. The van der Waals surface area contributed by atoms with Crippen molar-refractivity contribution >= 4 is 41.5 Å². The van der Waals surface area contributed by atoms with Crippen LogP contribution in [0.2, 0.25) is 0 Å². The Kier molecular flexibility index (Phi) is 13.4. The molecule has 0 bridgehead atoms. The van der Waals surface area contributed by atoms with E-state index in [-0.39, 0.29) is 38.2 Å². The molecule has 0 radical (unpaired) electrons. The van der Waals surface area contributed by atoms with E-state index in [4.69, 9.17) is 28.0 Å². The number of nitrogens with two attached hydrogens (primary N) is 4. The number of nitrogens with zero attached hydrogens (tertiary/aromatic N) is 2. The molecule has 14 N–H and O–H groups in total. The third-order valence-electron chi connectivity index (χ3n) is 5.22. The fourth-order valence-electron chi connectivity index (χ4n) is 3.23. The zero-order valence-corrected chi connectivity index (χ0v) is 21.0. The van der Waals surface area contributed by atoms with Crippen molar-refractivity contribution in [1.82, 2.24) is 25.9 Å². The van der Waals surface area contributed by atoms with E-state index in [1.807, 2.05) is 0 Å². The van der Waals surface area contributed by atoms with Crippen molar-refractivity contribution < 1.29 is 39.0 Å². The third-order valence-corrected chi connectivity index (χ3v) is 5.22. The molecule has 0 aromatic carbocycles. The van der Waals surface area contributed by atoms with Gasteiger partial charge in [0.1, 0.15) is 18.1 Å². The number of carbonyl (C=O) groups is 6. The second-order valence-corrected chi connectivity index (χ2v) is 8.46. The number of hydrogen-bond donors (Lipinski definition) is 10. The summed E-state index contributed by atoms with van der Waals surface area (Å²) in [5.74, 6) is -6.48. The second kappa shape index (κ2) is 16.2. The smallest absolute Gasteiger partial charge is 0.326 e. The molecule has 4 unspecified atom stereocenters. The molecule has 4 amide bonds. The highest BCUT2D eigenvalue weighted by molar-refractivity contribution is 5.96. The van der Waals surface area contributed by atoms with Crippen molar-refractivity contribution in [2.24, 2.45) is 27.9 Å². The van der Waals surface area contributed by atoms with Crippen LogP contribution in [-0.4, -0.2) is 92.4 Å². The van der Waals surface area contributed by atoms with E-state index < -0.39 is 72.6 Å². The predicted octanol–water partition coefficient (Wildman–Crippen LogP) is -4.39. The number of guanidine groups is 1. The Labute approximate surface area is 222 Å². The van der Waals surface area contributed by atoms with Gasteiger partial charge in [-0.3, -0.25) is 29.0 Å².